The van der Waals surface area contributed by atoms with Crippen molar-refractivity contribution in [3.8, 4) is 0 Å². The molecule has 1 saturated heterocycles. The summed E-state index contributed by atoms with van der Waals surface area (Å²) >= 11 is 0. The molecule has 6 nitrogen and oxygen atoms in total. The first-order valence-corrected chi connectivity index (χ1v) is 8.00. The molecule has 0 spiro atoms. The Morgan fingerprint density at radius 2 is 1.75 bits per heavy atom. The summed E-state index contributed by atoms with van der Waals surface area (Å²) in [6.45, 7) is 8.35. The zero-order valence-electron chi connectivity index (χ0n) is 14.5. The highest BCUT2D eigenvalue weighted by Gasteiger charge is 2.52. The molecule has 1 aliphatic heterocycles. The van der Waals surface area contributed by atoms with Crippen molar-refractivity contribution in [1.29, 1.82) is 0 Å². The van der Waals surface area contributed by atoms with Gasteiger partial charge < -0.3 is 20.8 Å². The van der Waals surface area contributed by atoms with Gasteiger partial charge in [0.25, 0.3) is 0 Å². The van der Waals surface area contributed by atoms with Crippen LogP contribution >= 0.6 is 0 Å². The molecule has 4 N–H and O–H groups in total. The van der Waals surface area contributed by atoms with E-state index in [1.807, 2.05) is 45.9 Å². The van der Waals surface area contributed by atoms with Gasteiger partial charge in [0.15, 0.2) is 0 Å². The molecule has 0 saturated carbocycles. The smallest absolute Gasteiger partial charge is 0.400 e. The first kappa shape index (κ1) is 16.9. The Labute approximate surface area is 142 Å². The van der Waals surface area contributed by atoms with Crippen LogP contribution in [0.2, 0.25) is 0 Å². The largest absolute Gasteiger partial charge is 0.491 e. The van der Waals surface area contributed by atoms with Crippen LogP contribution in [-0.4, -0.2) is 34.8 Å². The van der Waals surface area contributed by atoms with Gasteiger partial charge in [-0.2, -0.15) is 0 Å². The highest BCUT2D eigenvalue weighted by molar-refractivity contribution is 6.56. The molecule has 7 heteroatoms. The van der Waals surface area contributed by atoms with Gasteiger partial charge in [-0.25, -0.2) is 0 Å². The number of benzene rings is 1. The van der Waals surface area contributed by atoms with Gasteiger partial charge in [-0.05, 0) is 45.3 Å². The Kier molecular flexibility index (Phi) is 4.11. The number of nitrogen functional groups attached to an aromatic ring is 1. The lowest BCUT2D eigenvalue weighted by atomic mass is 9.77. The summed E-state index contributed by atoms with van der Waals surface area (Å²) in [4.78, 5) is 8.72. The van der Waals surface area contributed by atoms with E-state index >= 15 is 0 Å². The molecule has 1 aromatic heterocycles. The van der Waals surface area contributed by atoms with Crippen LogP contribution in [0.25, 0.3) is 17.1 Å². The average Bonchev–Trinajstić information content (AvgIpc) is 2.74. The Morgan fingerprint density at radius 3 is 2.38 bits per heavy atom. The lowest BCUT2D eigenvalue weighted by molar-refractivity contribution is 0.00578. The van der Waals surface area contributed by atoms with Gasteiger partial charge in [-0.3, -0.25) is 9.97 Å². The van der Waals surface area contributed by atoms with Crippen molar-refractivity contribution < 1.29 is 9.31 Å². The number of aromatic nitrogens is 2. The standard InChI is InChI=1S/C17H23BN4O2/c1-16(2)17(3,4)24-18(23-16)11(10-19)9-12-13(20)5-6-14-15(12)22-8-7-21-14/h5-9H,10,19-20H2,1-4H3. The third-order valence-corrected chi connectivity index (χ3v) is 4.83. The van der Waals surface area contributed by atoms with Gasteiger partial charge in [-0.1, -0.05) is 6.08 Å². The zero-order chi connectivity index (χ0) is 17.5. The summed E-state index contributed by atoms with van der Waals surface area (Å²) in [6.07, 6.45) is 5.22. The molecule has 3 rings (SSSR count). The lowest BCUT2D eigenvalue weighted by Gasteiger charge is -2.32. The molecule has 0 radical (unpaired) electrons. The summed E-state index contributed by atoms with van der Waals surface area (Å²) in [7, 11) is -0.508. The van der Waals surface area contributed by atoms with E-state index in [2.05, 4.69) is 9.97 Å². The topological polar surface area (TPSA) is 96.3 Å². The van der Waals surface area contributed by atoms with Crippen LogP contribution < -0.4 is 11.5 Å². The van der Waals surface area contributed by atoms with Crippen LogP contribution in [0.3, 0.4) is 0 Å². The van der Waals surface area contributed by atoms with Gasteiger partial charge in [0.1, 0.15) is 0 Å². The maximum Gasteiger partial charge on any atom is 0.491 e. The summed E-state index contributed by atoms with van der Waals surface area (Å²) in [6, 6.07) is 3.67. The van der Waals surface area contributed by atoms with Crippen LogP contribution in [0, 0.1) is 0 Å². The fourth-order valence-corrected chi connectivity index (χ4v) is 2.63. The Balaban J connectivity index is 2.06. The molecule has 2 heterocycles. The normalized spacial score (nSPS) is 19.9. The molecule has 0 bridgehead atoms. The molecule has 24 heavy (non-hydrogen) atoms. The second-order valence-corrected chi connectivity index (χ2v) is 7.00. The fraction of sp³-hybridized carbons (Fsp3) is 0.412. The molecular formula is C17H23BN4O2. The van der Waals surface area contributed by atoms with Crippen LogP contribution in [0.1, 0.15) is 33.3 Å². The summed E-state index contributed by atoms with van der Waals surface area (Å²) < 4.78 is 12.2. The molecule has 126 valence electrons. The Bertz CT molecular complexity index is 788. The van der Waals surface area contributed by atoms with Crippen molar-refractivity contribution in [3.05, 3.63) is 35.6 Å². The van der Waals surface area contributed by atoms with Crippen LogP contribution in [-0.2, 0) is 9.31 Å². The summed E-state index contributed by atoms with van der Waals surface area (Å²) in [5.74, 6) is 0. The Morgan fingerprint density at radius 1 is 1.12 bits per heavy atom. The SMILES string of the molecule is CC1(C)OB(C(=Cc2c(N)ccc3nccnc23)CN)OC1(C)C. The first-order chi connectivity index (χ1) is 11.2. The maximum atomic E-state index is 6.16. The first-order valence-electron chi connectivity index (χ1n) is 8.00. The van der Waals surface area contributed by atoms with E-state index in [1.54, 1.807) is 12.4 Å². The van der Waals surface area contributed by atoms with Crippen molar-refractivity contribution in [2.24, 2.45) is 5.73 Å². The van der Waals surface area contributed by atoms with E-state index in [0.717, 1.165) is 22.1 Å². The molecule has 1 aliphatic rings. The monoisotopic (exact) mass is 326 g/mol. The summed E-state index contributed by atoms with van der Waals surface area (Å²) in [5, 5.41) is 0. The quantitative estimate of drug-likeness (QED) is 0.663. The number of hydrogen-bond donors (Lipinski definition) is 2. The number of hydrogen-bond acceptors (Lipinski definition) is 6. The molecule has 2 aromatic rings. The second-order valence-electron chi connectivity index (χ2n) is 7.00. The average molecular weight is 326 g/mol. The highest BCUT2D eigenvalue weighted by atomic mass is 16.7. The van der Waals surface area contributed by atoms with Crippen molar-refractivity contribution in [1.82, 2.24) is 9.97 Å². The number of nitrogens with two attached hydrogens (primary N) is 2. The van der Waals surface area contributed by atoms with E-state index in [9.17, 15) is 0 Å². The lowest BCUT2D eigenvalue weighted by Crippen LogP contribution is -2.41. The van der Waals surface area contributed by atoms with E-state index < -0.39 is 18.3 Å². The number of rotatable bonds is 3. The number of fused-ring (bicyclic) bond motifs is 1. The van der Waals surface area contributed by atoms with Gasteiger partial charge in [-0.15, -0.1) is 0 Å². The third kappa shape index (κ3) is 2.79. The highest BCUT2D eigenvalue weighted by Crippen LogP contribution is 2.39. The summed E-state index contributed by atoms with van der Waals surface area (Å²) in [5.41, 5.74) is 15.0. The van der Waals surface area contributed by atoms with Gasteiger partial charge >= 0.3 is 7.12 Å². The maximum absolute atomic E-state index is 6.16. The van der Waals surface area contributed by atoms with Crippen LogP contribution in [0.5, 0.6) is 0 Å². The molecule has 0 amide bonds. The minimum atomic E-state index is -0.508. The van der Waals surface area contributed by atoms with E-state index in [0.29, 0.717) is 12.2 Å². The van der Waals surface area contributed by atoms with Crippen molar-refractivity contribution >= 4 is 29.9 Å². The minimum absolute atomic E-state index is 0.299. The molecule has 1 fully saturated rings. The fourth-order valence-electron chi connectivity index (χ4n) is 2.63. The molecule has 0 aliphatic carbocycles. The van der Waals surface area contributed by atoms with Crippen LogP contribution in [0.15, 0.2) is 30.0 Å². The molecular weight excluding hydrogens is 303 g/mol. The third-order valence-electron chi connectivity index (χ3n) is 4.83. The minimum Gasteiger partial charge on any atom is -0.400 e. The van der Waals surface area contributed by atoms with E-state index in [-0.39, 0.29) is 0 Å². The van der Waals surface area contributed by atoms with Crippen molar-refractivity contribution in [2.45, 2.75) is 38.9 Å². The van der Waals surface area contributed by atoms with E-state index in [4.69, 9.17) is 20.8 Å². The van der Waals surface area contributed by atoms with Crippen molar-refractivity contribution in [3.63, 3.8) is 0 Å². The molecule has 1 aromatic carbocycles. The zero-order valence-corrected chi connectivity index (χ0v) is 14.5. The van der Waals surface area contributed by atoms with Gasteiger partial charge in [0.05, 0.1) is 22.2 Å². The van der Waals surface area contributed by atoms with Crippen LogP contribution in [0.4, 0.5) is 5.69 Å². The van der Waals surface area contributed by atoms with E-state index in [1.165, 1.54) is 0 Å². The Hall–Kier alpha value is -1.96. The molecule has 0 unspecified atom stereocenters. The predicted molar refractivity (Wildman–Crippen MR) is 97.1 cm³/mol. The van der Waals surface area contributed by atoms with Gasteiger partial charge in [0, 0.05) is 30.2 Å². The predicted octanol–water partition coefficient (Wildman–Crippen LogP) is 2.19. The van der Waals surface area contributed by atoms with Crippen molar-refractivity contribution in [2.75, 3.05) is 12.3 Å². The molecule has 0 atom stereocenters. The second kappa shape index (κ2) is 5.84. The number of anilines is 1. The number of nitrogens with zero attached hydrogens (tertiary/aromatic N) is 2. The van der Waals surface area contributed by atoms with Gasteiger partial charge in [0.2, 0.25) is 0 Å².